The highest BCUT2D eigenvalue weighted by atomic mass is 16.6. The summed E-state index contributed by atoms with van der Waals surface area (Å²) in [7, 11) is 5.77. The summed E-state index contributed by atoms with van der Waals surface area (Å²) < 4.78 is 16.1. The Bertz CT molecular complexity index is 827. The van der Waals surface area contributed by atoms with Crippen molar-refractivity contribution in [1.29, 1.82) is 0 Å². The number of methoxy groups -OCH3 is 3. The number of carboxylic acid groups (broad SMARTS) is 1. The van der Waals surface area contributed by atoms with E-state index in [2.05, 4.69) is 15.0 Å². The van der Waals surface area contributed by atoms with Gasteiger partial charge in [0.05, 0.1) is 39.8 Å². The molecule has 2 rings (SSSR count). The second kappa shape index (κ2) is 8.26. The van der Waals surface area contributed by atoms with Crippen LogP contribution in [0.4, 0.5) is 0 Å². The zero-order valence-corrected chi connectivity index (χ0v) is 14.8. The predicted molar refractivity (Wildman–Crippen MR) is 93.4 cm³/mol. The number of hydrogen-bond donors (Lipinski definition) is 3. The van der Waals surface area contributed by atoms with Crippen molar-refractivity contribution in [2.45, 2.75) is 6.61 Å². The highest BCUT2D eigenvalue weighted by Gasteiger charge is 2.26. The molecule has 2 aromatic rings. The van der Waals surface area contributed by atoms with Crippen LogP contribution >= 0.6 is 0 Å². The fourth-order valence-corrected chi connectivity index (χ4v) is 2.71. The third-order valence-corrected chi connectivity index (χ3v) is 3.77. The molecule has 0 aliphatic rings. The molecule has 0 unspecified atom stereocenters. The van der Waals surface area contributed by atoms with E-state index < -0.39 is 12.6 Å². The summed E-state index contributed by atoms with van der Waals surface area (Å²) in [6.07, 6.45) is 1.32. The van der Waals surface area contributed by atoms with Crippen LogP contribution < -0.4 is 14.2 Å². The molecular formula is C17H20N2O7. The quantitative estimate of drug-likeness (QED) is 0.483. The molecule has 1 aromatic carbocycles. The van der Waals surface area contributed by atoms with Crippen molar-refractivity contribution >= 4 is 12.2 Å². The van der Waals surface area contributed by atoms with Gasteiger partial charge in [-0.15, -0.1) is 0 Å². The zero-order valence-electron chi connectivity index (χ0n) is 14.8. The van der Waals surface area contributed by atoms with Crippen molar-refractivity contribution in [3.63, 3.8) is 0 Å². The number of benzene rings is 1. The molecule has 0 spiro atoms. The average molecular weight is 364 g/mol. The lowest BCUT2D eigenvalue weighted by Crippen LogP contribution is -2.02. The number of aliphatic hydroxyl groups is 1. The molecule has 9 heteroatoms. The van der Waals surface area contributed by atoms with E-state index in [1.807, 2.05) is 0 Å². The molecule has 1 heterocycles. The van der Waals surface area contributed by atoms with E-state index in [0.717, 1.165) is 0 Å². The number of aromatic amines is 1. The lowest BCUT2D eigenvalue weighted by Gasteiger charge is -2.16. The summed E-state index contributed by atoms with van der Waals surface area (Å²) in [5.41, 5.74) is 1.26. The van der Waals surface area contributed by atoms with Crippen LogP contribution in [0.3, 0.4) is 0 Å². The molecule has 1 aromatic heterocycles. The first-order valence-electron chi connectivity index (χ1n) is 7.48. The minimum absolute atomic E-state index is 0.156. The van der Waals surface area contributed by atoms with Crippen LogP contribution in [-0.2, 0) is 11.4 Å². The fraction of sp³-hybridized carbons (Fsp3) is 0.294. The van der Waals surface area contributed by atoms with Gasteiger partial charge in [0.25, 0.3) is 0 Å². The Labute approximate surface area is 149 Å². The van der Waals surface area contributed by atoms with Gasteiger partial charge in [0, 0.05) is 16.7 Å². The van der Waals surface area contributed by atoms with E-state index in [-0.39, 0.29) is 11.3 Å². The molecule has 0 atom stereocenters. The summed E-state index contributed by atoms with van der Waals surface area (Å²) in [4.78, 5) is 19.0. The van der Waals surface area contributed by atoms with E-state index in [1.54, 1.807) is 12.1 Å². The van der Waals surface area contributed by atoms with Gasteiger partial charge in [0.1, 0.15) is 12.8 Å². The van der Waals surface area contributed by atoms with Crippen molar-refractivity contribution in [2.75, 3.05) is 28.4 Å². The van der Waals surface area contributed by atoms with E-state index in [1.165, 1.54) is 34.7 Å². The van der Waals surface area contributed by atoms with Gasteiger partial charge in [-0.2, -0.15) is 0 Å². The summed E-state index contributed by atoms with van der Waals surface area (Å²) in [5.74, 6) is -0.111. The van der Waals surface area contributed by atoms with E-state index in [0.29, 0.717) is 34.1 Å². The number of nitrogens with one attached hydrogen (secondary N) is 1. The number of carboxylic acids is 1. The predicted octanol–water partition coefficient (Wildman–Crippen LogP) is 1.88. The number of rotatable bonds is 8. The van der Waals surface area contributed by atoms with Gasteiger partial charge >= 0.3 is 5.97 Å². The Hall–Kier alpha value is -3.20. The maximum atomic E-state index is 11.5. The third-order valence-electron chi connectivity index (χ3n) is 3.77. The highest BCUT2D eigenvalue weighted by Crippen LogP contribution is 2.46. The first kappa shape index (κ1) is 19.1. The second-order valence-electron chi connectivity index (χ2n) is 5.03. The number of aliphatic hydroxyl groups excluding tert-OH is 1. The van der Waals surface area contributed by atoms with Gasteiger partial charge in [0.15, 0.2) is 11.5 Å². The minimum atomic E-state index is -1.22. The van der Waals surface area contributed by atoms with Gasteiger partial charge in [-0.25, -0.2) is 4.79 Å². The van der Waals surface area contributed by atoms with E-state index in [4.69, 9.17) is 14.2 Å². The lowest BCUT2D eigenvalue weighted by molar-refractivity contribution is 0.0687. The normalized spacial score (nSPS) is 10.8. The Kier molecular flexibility index (Phi) is 6.07. The first-order valence-corrected chi connectivity index (χ1v) is 7.48. The number of hydrogen-bond acceptors (Lipinski definition) is 7. The lowest BCUT2D eigenvalue weighted by atomic mass is 9.98. The van der Waals surface area contributed by atoms with E-state index >= 15 is 0 Å². The molecule has 0 fully saturated rings. The number of carbonyl (C=O) groups is 1. The smallest absolute Gasteiger partial charge is 0.352 e. The molecule has 0 saturated carbocycles. The second-order valence-corrected chi connectivity index (χ2v) is 5.03. The fourth-order valence-electron chi connectivity index (χ4n) is 2.71. The summed E-state index contributed by atoms with van der Waals surface area (Å²) in [6.45, 7) is -0.508. The standard InChI is InChI=1S/C17H20N2O7/c1-23-12-6-5-9(15(24-2)16(12)25-3)13-10(8-20)14(17(21)22)19-11(13)7-18-26-4/h5-7,19-20H,8H2,1-4H3,(H,21,22)/b18-7+. The molecule has 0 saturated heterocycles. The SMILES string of the molecule is CO/N=C/c1[nH]c(C(=O)O)c(CO)c1-c1ccc(OC)c(OC)c1OC. The van der Waals surface area contributed by atoms with Crippen molar-refractivity contribution in [1.82, 2.24) is 4.98 Å². The van der Waals surface area contributed by atoms with Crippen LogP contribution in [-0.4, -0.2) is 55.8 Å². The van der Waals surface area contributed by atoms with E-state index in [9.17, 15) is 15.0 Å². The first-order chi connectivity index (χ1) is 12.5. The van der Waals surface area contributed by atoms with Crippen molar-refractivity contribution < 1.29 is 34.1 Å². The molecule has 0 bridgehead atoms. The third kappa shape index (κ3) is 3.29. The van der Waals surface area contributed by atoms with Crippen LogP contribution in [0.5, 0.6) is 17.2 Å². The van der Waals surface area contributed by atoms with Crippen molar-refractivity contribution in [2.24, 2.45) is 5.16 Å². The molecule has 3 N–H and O–H groups in total. The van der Waals surface area contributed by atoms with Crippen LogP contribution in [0.15, 0.2) is 17.3 Å². The average Bonchev–Trinajstić information content (AvgIpc) is 3.03. The summed E-state index contributed by atoms with van der Waals surface area (Å²) in [5, 5.41) is 22.9. The van der Waals surface area contributed by atoms with Gasteiger partial charge in [-0.3, -0.25) is 0 Å². The maximum Gasteiger partial charge on any atom is 0.352 e. The van der Waals surface area contributed by atoms with Crippen LogP contribution in [0.1, 0.15) is 21.7 Å². The van der Waals surface area contributed by atoms with Gasteiger partial charge < -0.3 is 34.2 Å². The Morgan fingerprint density at radius 1 is 1.15 bits per heavy atom. The number of oxime groups is 1. The number of aromatic carboxylic acids is 1. The minimum Gasteiger partial charge on any atom is -0.493 e. The molecular weight excluding hydrogens is 344 g/mol. The Balaban J connectivity index is 2.86. The monoisotopic (exact) mass is 364 g/mol. The zero-order chi connectivity index (χ0) is 19.3. The molecule has 0 aliphatic carbocycles. The molecule has 0 radical (unpaired) electrons. The molecule has 26 heavy (non-hydrogen) atoms. The molecule has 9 nitrogen and oxygen atoms in total. The largest absolute Gasteiger partial charge is 0.493 e. The number of nitrogens with zero attached hydrogens (tertiary/aromatic N) is 1. The van der Waals surface area contributed by atoms with Gasteiger partial charge in [-0.05, 0) is 12.1 Å². The highest BCUT2D eigenvalue weighted by molar-refractivity contribution is 5.99. The van der Waals surface area contributed by atoms with Crippen LogP contribution in [0.2, 0.25) is 0 Å². The summed E-state index contributed by atoms with van der Waals surface area (Å²) >= 11 is 0. The molecule has 140 valence electrons. The number of aromatic nitrogens is 1. The van der Waals surface area contributed by atoms with Gasteiger partial charge in [-0.1, -0.05) is 5.16 Å². The van der Waals surface area contributed by atoms with Crippen LogP contribution in [0.25, 0.3) is 11.1 Å². The van der Waals surface area contributed by atoms with Gasteiger partial charge in [0.2, 0.25) is 5.75 Å². The summed E-state index contributed by atoms with van der Waals surface area (Å²) in [6, 6.07) is 3.33. The van der Waals surface area contributed by atoms with Crippen molar-refractivity contribution in [3.8, 4) is 28.4 Å². The number of H-pyrrole nitrogens is 1. The molecule has 0 amide bonds. The molecule has 0 aliphatic heterocycles. The number of ether oxygens (including phenoxy) is 3. The van der Waals surface area contributed by atoms with Crippen LogP contribution in [0, 0.1) is 0 Å². The van der Waals surface area contributed by atoms with Crippen molar-refractivity contribution in [3.05, 3.63) is 29.1 Å². The Morgan fingerprint density at radius 3 is 2.35 bits per heavy atom. The maximum absolute atomic E-state index is 11.5. The topological polar surface area (TPSA) is 123 Å². The Morgan fingerprint density at radius 2 is 1.85 bits per heavy atom.